The van der Waals surface area contributed by atoms with E-state index in [1.165, 1.54) is 7.05 Å². The lowest BCUT2D eigenvalue weighted by Gasteiger charge is -2.16. The third-order valence-corrected chi connectivity index (χ3v) is 2.82. The Kier molecular flexibility index (Phi) is 7.66. The first-order chi connectivity index (χ1) is 11.3. The molecule has 0 heterocycles. The largest absolute Gasteiger partial charge is 0.480 e. The van der Waals surface area contributed by atoms with Crippen LogP contribution >= 0.6 is 0 Å². The molecule has 1 aromatic rings. The van der Waals surface area contributed by atoms with Crippen LogP contribution in [0.5, 0.6) is 0 Å². The van der Waals surface area contributed by atoms with Crippen molar-refractivity contribution >= 4 is 23.7 Å². The predicted molar refractivity (Wildman–Crippen MR) is 85.1 cm³/mol. The topological polar surface area (TPSA) is 131 Å². The summed E-state index contributed by atoms with van der Waals surface area (Å²) in [7, 11) is 1.43. The summed E-state index contributed by atoms with van der Waals surface area (Å²) in [6.45, 7) is 0.934. The number of hydrogen-bond acceptors (Lipinski definition) is 6. The summed E-state index contributed by atoms with van der Waals surface area (Å²) in [5.74, 6) is -1.41. The van der Waals surface area contributed by atoms with Crippen LogP contribution in [0.2, 0.25) is 0 Å². The van der Waals surface area contributed by atoms with Gasteiger partial charge in [0.25, 0.3) is 0 Å². The number of benzene rings is 1. The highest BCUT2D eigenvalue weighted by atomic mass is 16.6. The Bertz CT molecular complexity index is 573. The Morgan fingerprint density at radius 3 is 2.46 bits per heavy atom. The van der Waals surface area contributed by atoms with E-state index in [1.54, 1.807) is 31.2 Å². The third-order valence-electron chi connectivity index (χ3n) is 2.82. The van der Waals surface area contributed by atoms with Gasteiger partial charge in [-0.1, -0.05) is 12.1 Å². The van der Waals surface area contributed by atoms with Crippen LogP contribution in [-0.4, -0.2) is 54.4 Å². The molecule has 1 unspecified atom stereocenters. The van der Waals surface area contributed by atoms with Crippen molar-refractivity contribution in [2.24, 2.45) is 5.73 Å². The second-order valence-electron chi connectivity index (χ2n) is 5.10. The molecule has 0 saturated carbocycles. The molecular weight excluding hydrogens is 318 g/mol. The first kappa shape index (κ1) is 19.4. The molecule has 0 aliphatic rings. The van der Waals surface area contributed by atoms with Gasteiger partial charge in [-0.3, -0.25) is 9.69 Å². The number of carboxylic acid groups (broad SMARTS) is 1. The number of aliphatic carboxylic acids is 1. The van der Waals surface area contributed by atoms with Gasteiger partial charge in [0.15, 0.2) is 0 Å². The van der Waals surface area contributed by atoms with Gasteiger partial charge in [-0.05, 0) is 24.6 Å². The van der Waals surface area contributed by atoms with Gasteiger partial charge in [0, 0.05) is 12.7 Å². The van der Waals surface area contributed by atoms with E-state index in [1.807, 2.05) is 0 Å². The standard InChI is InChI=1S/C15H21N3O6/c1-10(16)14(21)17-12-5-3-11(4-6-12)7-24-15(22)18(2)9-23-8-13(19)20/h3-6,10H,7-9,16H2,1-2H3,(H,17,21)(H,19,20). The number of carbonyl (C=O) groups is 3. The zero-order valence-corrected chi connectivity index (χ0v) is 13.5. The number of nitrogens with one attached hydrogen (secondary N) is 1. The number of anilines is 1. The molecule has 1 rings (SSSR count). The lowest BCUT2D eigenvalue weighted by atomic mass is 10.2. The first-order valence-electron chi connectivity index (χ1n) is 7.12. The third kappa shape index (κ3) is 7.07. The van der Waals surface area contributed by atoms with Gasteiger partial charge in [0.1, 0.15) is 19.9 Å². The van der Waals surface area contributed by atoms with Crippen LogP contribution in [0.1, 0.15) is 12.5 Å². The first-order valence-corrected chi connectivity index (χ1v) is 7.12. The number of rotatable bonds is 8. The van der Waals surface area contributed by atoms with Gasteiger partial charge < -0.3 is 25.6 Å². The van der Waals surface area contributed by atoms with Gasteiger partial charge >= 0.3 is 12.1 Å². The summed E-state index contributed by atoms with van der Waals surface area (Å²) >= 11 is 0. The molecule has 0 spiro atoms. The fourth-order valence-electron chi connectivity index (χ4n) is 1.52. The van der Waals surface area contributed by atoms with Crippen LogP contribution in [0, 0.1) is 0 Å². The van der Waals surface area contributed by atoms with E-state index in [0.717, 1.165) is 10.5 Å². The maximum atomic E-state index is 11.7. The maximum absolute atomic E-state index is 11.7. The normalized spacial score (nSPS) is 11.5. The SMILES string of the molecule is CC(N)C(=O)Nc1ccc(COC(=O)N(C)COCC(=O)O)cc1. The number of nitrogens with two attached hydrogens (primary N) is 1. The molecule has 1 aromatic carbocycles. The van der Waals surface area contributed by atoms with E-state index < -0.39 is 24.7 Å². The molecule has 0 bridgehead atoms. The summed E-state index contributed by atoms with van der Waals surface area (Å²) in [6, 6.07) is 6.13. The monoisotopic (exact) mass is 339 g/mol. The van der Waals surface area contributed by atoms with Gasteiger partial charge in [-0.2, -0.15) is 0 Å². The number of amides is 2. The minimum atomic E-state index is -1.12. The minimum absolute atomic E-state index is 0.0314. The number of nitrogens with zero attached hydrogens (tertiary/aromatic N) is 1. The molecule has 0 aromatic heterocycles. The van der Waals surface area contributed by atoms with Crippen molar-refractivity contribution in [2.75, 3.05) is 25.7 Å². The van der Waals surface area contributed by atoms with Crippen molar-refractivity contribution in [3.8, 4) is 0 Å². The maximum Gasteiger partial charge on any atom is 0.411 e. The highest BCUT2D eigenvalue weighted by Crippen LogP contribution is 2.11. The Balaban J connectivity index is 2.40. The molecule has 4 N–H and O–H groups in total. The lowest BCUT2D eigenvalue weighted by Crippen LogP contribution is -2.32. The van der Waals surface area contributed by atoms with Crippen LogP contribution in [0.4, 0.5) is 10.5 Å². The fraction of sp³-hybridized carbons (Fsp3) is 0.400. The molecule has 0 saturated heterocycles. The molecule has 9 heteroatoms. The second-order valence-corrected chi connectivity index (χ2v) is 5.10. The van der Waals surface area contributed by atoms with Gasteiger partial charge in [-0.15, -0.1) is 0 Å². The van der Waals surface area contributed by atoms with Crippen molar-refractivity contribution in [1.82, 2.24) is 4.90 Å². The molecule has 0 radical (unpaired) electrons. The predicted octanol–water partition coefficient (Wildman–Crippen LogP) is 0.599. The molecule has 132 valence electrons. The summed E-state index contributed by atoms with van der Waals surface area (Å²) in [5, 5.41) is 11.1. The van der Waals surface area contributed by atoms with Crippen molar-refractivity contribution < 1.29 is 29.0 Å². The van der Waals surface area contributed by atoms with Crippen LogP contribution in [0.15, 0.2) is 24.3 Å². The summed E-state index contributed by atoms with van der Waals surface area (Å²) in [4.78, 5) is 34.6. The van der Waals surface area contributed by atoms with E-state index in [9.17, 15) is 14.4 Å². The average Bonchev–Trinajstić information content (AvgIpc) is 2.53. The molecule has 9 nitrogen and oxygen atoms in total. The summed E-state index contributed by atoms with van der Waals surface area (Å²) in [6.07, 6.45) is -0.644. The second kappa shape index (κ2) is 9.48. The smallest absolute Gasteiger partial charge is 0.411 e. The van der Waals surface area contributed by atoms with Crippen LogP contribution in [-0.2, 0) is 25.7 Å². The zero-order chi connectivity index (χ0) is 18.1. The van der Waals surface area contributed by atoms with E-state index in [2.05, 4.69) is 5.32 Å². The molecule has 2 amide bonds. The number of ether oxygens (including phenoxy) is 2. The van der Waals surface area contributed by atoms with Crippen LogP contribution in [0.3, 0.4) is 0 Å². The van der Waals surface area contributed by atoms with Crippen molar-refractivity contribution in [2.45, 2.75) is 19.6 Å². The summed E-state index contributed by atoms with van der Waals surface area (Å²) in [5.41, 5.74) is 6.77. The highest BCUT2D eigenvalue weighted by molar-refractivity contribution is 5.94. The fourth-order valence-corrected chi connectivity index (χ4v) is 1.52. The van der Waals surface area contributed by atoms with Crippen molar-refractivity contribution in [3.05, 3.63) is 29.8 Å². The van der Waals surface area contributed by atoms with Gasteiger partial charge in [0.2, 0.25) is 5.91 Å². The average molecular weight is 339 g/mol. The molecule has 24 heavy (non-hydrogen) atoms. The molecule has 0 aliphatic heterocycles. The molecule has 0 fully saturated rings. The van der Waals surface area contributed by atoms with Crippen LogP contribution in [0.25, 0.3) is 0 Å². The highest BCUT2D eigenvalue weighted by Gasteiger charge is 2.11. The van der Waals surface area contributed by atoms with E-state index >= 15 is 0 Å². The molecule has 1 atom stereocenters. The Morgan fingerprint density at radius 2 is 1.92 bits per heavy atom. The van der Waals surface area contributed by atoms with Gasteiger partial charge in [-0.25, -0.2) is 9.59 Å². The minimum Gasteiger partial charge on any atom is -0.480 e. The van der Waals surface area contributed by atoms with E-state index in [-0.39, 0.29) is 19.2 Å². The Hall–Kier alpha value is -2.65. The lowest BCUT2D eigenvalue weighted by molar-refractivity contribution is -0.143. The number of carboxylic acids is 1. The zero-order valence-electron chi connectivity index (χ0n) is 13.5. The van der Waals surface area contributed by atoms with Crippen molar-refractivity contribution in [3.63, 3.8) is 0 Å². The number of hydrogen-bond donors (Lipinski definition) is 3. The quantitative estimate of drug-likeness (QED) is 0.591. The Morgan fingerprint density at radius 1 is 1.29 bits per heavy atom. The van der Waals surface area contributed by atoms with Gasteiger partial charge in [0.05, 0.1) is 6.04 Å². The van der Waals surface area contributed by atoms with E-state index in [0.29, 0.717) is 5.69 Å². The summed E-state index contributed by atoms with van der Waals surface area (Å²) < 4.78 is 9.84. The molecule has 0 aliphatic carbocycles. The van der Waals surface area contributed by atoms with E-state index in [4.69, 9.17) is 20.3 Å². The number of carbonyl (C=O) groups excluding carboxylic acids is 2. The Labute approximate surface area is 139 Å². The van der Waals surface area contributed by atoms with Crippen molar-refractivity contribution in [1.29, 1.82) is 0 Å². The molecular formula is C15H21N3O6. The van der Waals surface area contributed by atoms with Crippen LogP contribution < -0.4 is 11.1 Å².